The van der Waals surface area contributed by atoms with Crippen molar-refractivity contribution in [1.29, 1.82) is 0 Å². The molecule has 0 unspecified atom stereocenters. The fraction of sp³-hybridized carbons (Fsp3) is 0.217. The third-order valence-electron chi connectivity index (χ3n) is 5.49. The van der Waals surface area contributed by atoms with Gasteiger partial charge in [-0.15, -0.1) is 11.3 Å². The summed E-state index contributed by atoms with van der Waals surface area (Å²) in [6, 6.07) is 14.9. The van der Waals surface area contributed by atoms with E-state index in [0.717, 1.165) is 26.5 Å². The zero-order chi connectivity index (χ0) is 22.2. The van der Waals surface area contributed by atoms with Gasteiger partial charge in [-0.1, -0.05) is 12.1 Å². The first kappa shape index (κ1) is 20.2. The van der Waals surface area contributed by atoms with Gasteiger partial charge in [0.15, 0.2) is 0 Å². The van der Waals surface area contributed by atoms with E-state index in [9.17, 15) is 9.59 Å². The first-order valence-corrected chi connectivity index (χ1v) is 11.0. The molecule has 32 heavy (non-hydrogen) atoms. The number of thiazole rings is 1. The van der Waals surface area contributed by atoms with Crippen LogP contribution >= 0.6 is 11.3 Å². The number of amides is 2. The Balaban J connectivity index is 1.21. The third kappa shape index (κ3) is 3.71. The summed E-state index contributed by atoms with van der Waals surface area (Å²) in [7, 11) is 1.60. The molecule has 2 N–H and O–H groups in total. The van der Waals surface area contributed by atoms with Gasteiger partial charge in [-0.25, -0.2) is 4.98 Å². The van der Waals surface area contributed by atoms with E-state index in [2.05, 4.69) is 20.5 Å². The number of likely N-dealkylation sites (tertiary alicyclic amines) is 1. The molecular formula is C23H21N5O3S. The molecular weight excluding hydrogens is 426 g/mol. The number of anilines is 1. The van der Waals surface area contributed by atoms with Crippen molar-refractivity contribution in [2.75, 3.05) is 25.5 Å². The summed E-state index contributed by atoms with van der Waals surface area (Å²) in [6.07, 6.45) is 0. The molecule has 1 aliphatic rings. The van der Waals surface area contributed by atoms with Crippen LogP contribution in [-0.2, 0) is 4.79 Å². The minimum atomic E-state index is -0.241. The van der Waals surface area contributed by atoms with Crippen LogP contribution in [0.4, 0.5) is 5.69 Å². The van der Waals surface area contributed by atoms with E-state index in [0.29, 0.717) is 30.2 Å². The van der Waals surface area contributed by atoms with Gasteiger partial charge in [-0.3, -0.25) is 14.7 Å². The van der Waals surface area contributed by atoms with E-state index in [1.807, 2.05) is 49.4 Å². The largest absolute Gasteiger partial charge is 0.496 e. The molecule has 1 fully saturated rings. The SMILES string of the molecule is COc1ccccc1-c1cc(C(=O)N2CC(C(=O)Nc3ccc4nc(C)sc4c3)C2)[nH]n1. The lowest BCUT2D eigenvalue weighted by Crippen LogP contribution is -2.54. The molecule has 0 aliphatic carbocycles. The van der Waals surface area contributed by atoms with Gasteiger partial charge in [0, 0.05) is 24.3 Å². The quantitative estimate of drug-likeness (QED) is 0.486. The first-order valence-electron chi connectivity index (χ1n) is 10.2. The molecule has 0 atom stereocenters. The van der Waals surface area contributed by atoms with Gasteiger partial charge in [-0.05, 0) is 43.3 Å². The van der Waals surface area contributed by atoms with Gasteiger partial charge in [0.05, 0.1) is 33.9 Å². The van der Waals surface area contributed by atoms with E-state index in [-0.39, 0.29) is 17.7 Å². The van der Waals surface area contributed by atoms with Crippen LogP contribution in [0.5, 0.6) is 5.75 Å². The Bertz CT molecular complexity index is 1320. The van der Waals surface area contributed by atoms with E-state index in [1.165, 1.54) is 0 Å². The molecule has 0 radical (unpaired) electrons. The fourth-order valence-electron chi connectivity index (χ4n) is 3.77. The van der Waals surface area contributed by atoms with Crippen molar-refractivity contribution in [2.24, 2.45) is 5.92 Å². The molecule has 2 aromatic heterocycles. The van der Waals surface area contributed by atoms with Crippen molar-refractivity contribution in [3.63, 3.8) is 0 Å². The number of para-hydroxylation sites is 1. The van der Waals surface area contributed by atoms with E-state index >= 15 is 0 Å². The summed E-state index contributed by atoms with van der Waals surface area (Å²) >= 11 is 1.59. The lowest BCUT2D eigenvalue weighted by Gasteiger charge is -2.37. The smallest absolute Gasteiger partial charge is 0.271 e. The van der Waals surface area contributed by atoms with Crippen molar-refractivity contribution in [3.8, 4) is 17.0 Å². The molecule has 1 saturated heterocycles. The number of H-pyrrole nitrogens is 1. The average molecular weight is 448 g/mol. The van der Waals surface area contributed by atoms with E-state index in [4.69, 9.17) is 4.74 Å². The van der Waals surface area contributed by atoms with Crippen molar-refractivity contribution >= 4 is 39.1 Å². The topological polar surface area (TPSA) is 100 Å². The van der Waals surface area contributed by atoms with E-state index in [1.54, 1.807) is 29.4 Å². The number of nitrogens with one attached hydrogen (secondary N) is 2. The predicted molar refractivity (Wildman–Crippen MR) is 123 cm³/mol. The third-order valence-corrected chi connectivity index (χ3v) is 6.43. The Hall–Kier alpha value is -3.72. The number of benzene rings is 2. The van der Waals surface area contributed by atoms with Gasteiger partial charge >= 0.3 is 0 Å². The number of nitrogens with zero attached hydrogens (tertiary/aromatic N) is 3. The number of hydrogen-bond donors (Lipinski definition) is 2. The lowest BCUT2D eigenvalue weighted by atomic mass is 9.98. The standard InChI is InChI=1S/C23H21N5O3S/c1-13-24-17-8-7-15(9-21(17)32-13)25-22(29)14-11-28(12-14)23(30)19-10-18(26-27-19)16-5-3-4-6-20(16)31-2/h3-10,14H,11-12H2,1-2H3,(H,25,29)(H,26,27). The number of fused-ring (bicyclic) bond motifs is 1. The molecule has 4 aromatic rings. The molecule has 0 saturated carbocycles. The second-order valence-corrected chi connectivity index (χ2v) is 8.91. The zero-order valence-corrected chi connectivity index (χ0v) is 18.4. The average Bonchev–Trinajstić information content (AvgIpc) is 3.38. The monoisotopic (exact) mass is 447 g/mol. The summed E-state index contributed by atoms with van der Waals surface area (Å²) in [5.74, 6) is 0.179. The lowest BCUT2D eigenvalue weighted by molar-refractivity contribution is -0.123. The second-order valence-electron chi connectivity index (χ2n) is 7.68. The van der Waals surface area contributed by atoms with Crippen LogP contribution in [0.1, 0.15) is 15.5 Å². The minimum absolute atomic E-state index is 0.0889. The van der Waals surface area contributed by atoms with Gasteiger partial charge in [0.1, 0.15) is 11.4 Å². The molecule has 0 bridgehead atoms. The number of aryl methyl sites for hydroxylation is 1. The van der Waals surface area contributed by atoms with Crippen LogP contribution < -0.4 is 10.1 Å². The van der Waals surface area contributed by atoms with Crippen LogP contribution in [0.2, 0.25) is 0 Å². The van der Waals surface area contributed by atoms with Crippen LogP contribution in [0.15, 0.2) is 48.5 Å². The molecule has 2 amide bonds. The first-order chi connectivity index (χ1) is 15.5. The Labute approximate surface area is 188 Å². The number of aromatic amines is 1. The van der Waals surface area contributed by atoms with Crippen LogP contribution in [0.3, 0.4) is 0 Å². The summed E-state index contributed by atoms with van der Waals surface area (Å²) in [5.41, 5.74) is 3.49. The maximum Gasteiger partial charge on any atom is 0.271 e. The molecule has 5 rings (SSSR count). The number of carbonyl (C=O) groups excluding carboxylic acids is 2. The van der Waals surface area contributed by atoms with E-state index < -0.39 is 0 Å². The maximum atomic E-state index is 12.8. The number of methoxy groups -OCH3 is 1. The van der Waals surface area contributed by atoms with Crippen LogP contribution in [0, 0.1) is 12.8 Å². The van der Waals surface area contributed by atoms with Gasteiger partial charge < -0.3 is 15.0 Å². The molecule has 1 aliphatic heterocycles. The number of ether oxygens (including phenoxy) is 1. The van der Waals surface area contributed by atoms with Gasteiger partial charge in [-0.2, -0.15) is 5.10 Å². The minimum Gasteiger partial charge on any atom is -0.496 e. The van der Waals surface area contributed by atoms with Crippen molar-refractivity contribution in [2.45, 2.75) is 6.92 Å². The van der Waals surface area contributed by atoms with Crippen LogP contribution in [0.25, 0.3) is 21.5 Å². The predicted octanol–water partition coefficient (Wildman–Crippen LogP) is 3.71. The Morgan fingerprint density at radius 2 is 2.00 bits per heavy atom. The summed E-state index contributed by atoms with van der Waals surface area (Å²) in [4.78, 5) is 31.5. The normalized spacial score (nSPS) is 13.8. The number of rotatable bonds is 5. The number of carbonyl (C=O) groups is 2. The van der Waals surface area contributed by atoms with Gasteiger partial charge in [0.2, 0.25) is 5.91 Å². The number of aromatic nitrogens is 3. The van der Waals surface area contributed by atoms with Crippen molar-refractivity contribution in [3.05, 3.63) is 59.2 Å². The molecule has 162 valence electrons. The molecule has 9 heteroatoms. The second kappa shape index (κ2) is 8.08. The summed E-state index contributed by atoms with van der Waals surface area (Å²) in [5, 5.41) is 11.0. The summed E-state index contributed by atoms with van der Waals surface area (Å²) in [6.45, 7) is 2.70. The Morgan fingerprint density at radius 1 is 1.19 bits per heavy atom. The fourth-order valence-corrected chi connectivity index (χ4v) is 4.63. The van der Waals surface area contributed by atoms with Crippen LogP contribution in [-0.4, -0.2) is 52.1 Å². The number of hydrogen-bond acceptors (Lipinski definition) is 6. The highest BCUT2D eigenvalue weighted by Crippen LogP contribution is 2.29. The molecule has 3 heterocycles. The Morgan fingerprint density at radius 3 is 2.81 bits per heavy atom. The molecule has 2 aromatic carbocycles. The van der Waals surface area contributed by atoms with Gasteiger partial charge in [0.25, 0.3) is 5.91 Å². The van der Waals surface area contributed by atoms with Crippen molar-refractivity contribution < 1.29 is 14.3 Å². The summed E-state index contributed by atoms with van der Waals surface area (Å²) < 4.78 is 6.40. The molecule has 8 nitrogen and oxygen atoms in total. The highest BCUT2D eigenvalue weighted by atomic mass is 32.1. The van der Waals surface area contributed by atoms with Crippen molar-refractivity contribution in [1.82, 2.24) is 20.1 Å². The zero-order valence-electron chi connectivity index (χ0n) is 17.6. The maximum absolute atomic E-state index is 12.8. The Kier molecular flexibility index (Phi) is 5.10. The highest BCUT2D eigenvalue weighted by molar-refractivity contribution is 7.18. The highest BCUT2D eigenvalue weighted by Gasteiger charge is 2.36. The molecule has 0 spiro atoms.